The van der Waals surface area contributed by atoms with Gasteiger partial charge in [0.1, 0.15) is 0 Å². The second kappa shape index (κ2) is 21.1. The van der Waals surface area contributed by atoms with Crippen LogP contribution >= 0.6 is 11.8 Å². The number of hydrogen-bond donors (Lipinski definition) is 2. The molecule has 0 heterocycles. The Morgan fingerprint density at radius 2 is 1.57 bits per heavy atom. The lowest BCUT2D eigenvalue weighted by atomic mass is 10.1. The van der Waals surface area contributed by atoms with E-state index >= 15 is 0 Å². The van der Waals surface area contributed by atoms with Crippen LogP contribution in [0.2, 0.25) is 0 Å². The van der Waals surface area contributed by atoms with Gasteiger partial charge in [-0.1, -0.05) is 77.1 Å². The minimum atomic E-state index is -0.770. The number of esters is 1. The van der Waals surface area contributed by atoms with Gasteiger partial charge >= 0.3 is 11.9 Å². The topological polar surface area (TPSA) is 89.6 Å². The first-order chi connectivity index (χ1) is 14.5. The third-order valence-electron chi connectivity index (χ3n) is 4.96. The van der Waals surface area contributed by atoms with Crippen LogP contribution in [0.3, 0.4) is 0 Å². The third kappa shape index (κ3) is 20.1. The van der Waals surface area contributed by atoms with Crippen LogP contribution in [0.1, 0.15) is 110 Å². The van der Waals surface area contributed by atoms with E-state index in [9.17, 15) is 9.59 Å². The Labute approximate surface area is 188 Å². The molecule has 0 amide bonds. The average Bonchev–Trinajstić information content (AvgIpc) is 2.71. The number of carboxylic acids is 1. The molecule has 174 valence electrons. The minimum absolute atomic E-state index is 0.0292. The SMILES string of the molecule is CCCCCCCCCCCCC#CC(CCCCC(=O)O)SC(N)CC(=O)OC. The number of hydrogen-bond acceptors (Lipinski definition) is 5. The van der Waals surface area contributed by atoms with Gasteiger partial charge in [-0.2, -0.15) is 0 Å². The zero-order valence-electron chi connectivity index (χ0n) is 19.1. The highest BCUT2D eigenvalue weighted by molar-refractivity contribution is 8.00. The van der Waals surface area contributed by atoms with Crippen LogP contribution in [0.15, 0.2) is 0 Å². The van der Waals surface area contributed by atoms with Crippen molar-refractivity contribution in [3.05, 3.63) is 0 Å². The Hall–Kier alpha value is -1.19. The number of unbranched alkanes of at least 4 members (excludes halogenated alkanes) is 11. The van der Waals surface area contributed by atoms with Crippen molar-refractivity contribution < 1.29 is 19.4 Å². The molecule has 0 bridgehead atoms. The maximum atomic E-state index is 11.4. The van der Waals surface area contributed by atoms with Crippen LogP contribution in [0.4, 0.5) is 0 Å². The number of aliphatic carboxylic acids is 1. The highest BCUT2D eigenvalue weighted by Crippen LogP contribution is 2.22. The Bertz CT molecular complexity index is 501. The lowest BCUT2D eigenvalue weighted by Gasteiger charge is -2.15. The maximum absolute atomic E-state index is 11.4. The summed E-state index contributed by atoms with van der Waals surface area (Å²) < 4.78 is 4.67. The molecular weight excluding hydrogens is 398 g/mol. The fourth-order valence-corrected chi connectivity index (χ4v) is 4.28. The van der Waals surface area contributed by atoms with Crippen LogP contribution in [0, 0.1) is 11.8 Å². The smallest absolute Gasteiger partial charge is 0.307 e. The summed E-state index contributed by atoms with van der Waals surface area (Å²) in [5, 5.41) is 8.45. The molecule has 30 heavy (non-hydrogen) atoms. The monoisotopic (exact) mass is 441 g/mol. The Balaban J connectivity index is 4.09. The number of rotatable bonds is 19. The van der Waals surface area contributed by atoms with E-state index < -0.39 is 5.97 Å². The molecule has 0 aliphatic heterocycles. The molecule has 0 rings (SSSR count). The summed E-state index contributed by atoms with van der Waals surface area (Å²) in [4.78, 5) is 22.1. The fourth-order valence-electron chi connectivity index (χ4n) is 3.17. The first-order valence-corrected chi connectivity index (χ1v) is 12.6. The Morgan fingerprint density at radius 1 is 0.967 bits per heavy atom. The van der Waals surface area contributed by atoms with E-state index in [0.29, 0.717) is 6.42 Å². The van der Waals surface area contributed by atoms with Crippen molar-refractivity contribution in [3.8, 4) is 11.8 Å². The molecule has 0 aromatic rings. The van der Waals surface area contributed by atoms with Crippen molar-refractivity contribution in [2.75, 3.05) is 7.11 Å². The number of thioether (sulfide) groups is 1. The maximum Gasteiger partial charge on any atom is 0.307 e. The summed E-state index contributed by atoms with van der Waals surface area (Å²) in [6.45, 7) is 2.25. The van der Waals surface area contributed by atoms with Gasteiger partial charge in [0.05, 0.1) is 24.2 Å². The molecule has 0 aromatic heterocycles. The van der Waals surface area contributed by atoms with Gasteiger partial charge in [-0.25, -0.2) is 0 Å². The van der Waals surface area contributed by atoms with Gasteiger partial charge in [0.2, 0.25) is 0 Å². The van der Waals surface area contributed by atoms with E-state index in [-0.39, 0.29) is 29.4 Å². The molecule has 5 nitrogen and oxygen atoms in total. The van der Waals surface area contributed by atoms with Crippen molar-refractivity contribution in [1.29, 1.82) is 0 Å². The Morgan fingerprint density at radius 3 is 2.13 bits per heavy atom. The molecule has 0 fully saturated rings. The van der Waals surface area contributed by atoms with Gasteiger partial charge in [0.25, 0.3) is 0 Å². The van der Waals surface area contributed by atoms with Crippen LogP contribution < -0.4 is 5.73 Å². The van der Waals surface area contributed by atoms with Crippen molar-refractivity contribution in [3.63, 3.8) is 0 Å². The molecule has 0 radical (unpaired) electrons. The zero-order chi connectivity index (χ0) is 22.5. The van der Waals surface area contributed by atoms with Gasteiger partial charge in [-0.3, -0.25) is 9.59 Å². The third-order valence-corrected chi connectivity index (χ3v) is 6.16. The first kappa shape index (κ1) is 28.8. The highest BCUT2D eigenvalue weighted by Gasteiger charge is 2.15. The molecule has 0 saturated carbocycles. The van der Waals surface area contributed by atoms with Gasteiger partial charge in [0, 0.05) is 12.8 Å². The second-order valence-electron chi connectivity index (χ2n) is 7.84. The molecule has 0 aliphatic carbocycles. The number of carboxylic acid groups (broad SMARTS) is 1. The standard InChI is InChI=1S/C24H43NO4S/c1-3-4-5-6-7-8-9-10-11-12-13-14-17-21(18-15-16-19-23(26)27)30-22(25)20-24(28)29-2/h21-22H,3-13,15-16,18-20,25H2,1-2H3,(H,26,27). The molecule has 2 atom stereocenters. The molecule has 3 N–H and O–H groups in total. The largest absolute Gasteiger partial charge is 0.481 e. The molecule has 0 spiro atoms. The number of nitrogens with two attached hydrogens (primary N) is 1. The van der Waals surface area contributed by atoms with E-state index in [4.69, 9.17) is 10.8 Å². The predicted molar refractivity (Wildman–Crippen MR) is 126 cm³/mol. The van der Waals surface area contributed by atoms with Crippen LogP contribution in [-0.4, -0.2) is 34.8 Å². The fraction of sp³-hybridized carbons (Fsp3) is 0.833. The number of carbonyl (C=O) groups is 2. The molecule has 0 aliphatic rings. The van der Waals surface area contributed by atoms with E-state index in [2.05, 4.69) is 23.5 Å². The van der Waals surface area contributed by atoms with E-state index in [1.165, 1.54) is 76.7 Å². The minimum Gasteiger partial charge on any atom is -0.481 e. The van der Waals surface area contributed by atoms with Crippen LogP contribution in [0.25, 0.3) is 0 Å². The highest BCUT2D eigenvalue weighted by atomic mass is 32.2. The van der Waals surface area contributed by atoms with Gasteiger partial charge < -0.3 is 15.6 Å². The van der Waals surface area contributed by atoms with Crippen molar-refractivity contribution in [2.24, 2.45) is 5.73 Å². The van der Waals surface area contributed by atoms with E-state index in [1.807, 2.05) is 0 Å². The number of methoxy groups -OCH3 is 1. The van der Waals surface area contributed by atoms with E-state index in [1.54, 1.807) is 0 Å². The summed E-state index contributed by atoms with van der Waals surface area (Å²) in [6, 6.07) is 0. The summed E-state index contributed by atoms with van der Waals surface area (Å²) in [7, 11) is 1.36. The lowest BCUT2D eigenvalue weighted by molar-refractivity contribution is -0.140. The normalized spacial score (nSPS) is 12.6. The summed E-state index contributed by atoms with van der Waals surface area (Å²) in [5.41, 5.74) is 6.04. The second-order valence-corrected chi connectivity index (χ2v) is 9.28. The van der Waals surface area contributed by atoms with E-state index in [0.717, 1.165) is 25.7 Å². The van der Waals surface area contributed by atoms with Gasteiger partial charge in [-0.05, 0) is 19.3 Å². The van der Waals surface area contributed by atoms with Gasteiger partial charge in [0.15, 0.2) is 0 Å². The lowest BCUT2D eigenvalue weighted by Crippen LogP contribution is -2.23. The first-order valence-electron chi connectivity index (χ1n) is 11.7. The average molecular weight is 442 g/mol. The number of ether oxygens (including phenoxy) is 1. The van der Waals surface area contributed by atoms with Gasteiger partial charge in [-0.15, -0.1) is 17.7 Å². The molecular formula is C24H43NO4S. The predicted octanol–water partition coefficient (Wildman–Crippen LogP) is 5.90. The van der Waals surface area contributed by atoms with Crippen molar-refractivity contribution in [1.82, 2.24) is 0 Å². The Kier molecular flexibility index (Phi) is 20.2. The van der Waals surface area contributed by atoms with Crippen LogP contribution in [-0.2, 0) is 14.3 Å². The summed E-state index contributed by atoms with van der Waals surface area (Å²) in [5.74, 6) is 5.48. The molecule has 6 heteroatoms. The molecule has 2 unspecified atom stereocenters. The zero-order valence-corrected chi connectivity index (χ0v) is 19.9. The summed E-state index contributed by atoms with van der Waals surface area (Å²) in [6.07, 6.45) is 16.5. The van der Waals surface area contributed by atoms with Crippen molar-refractivity contribution in [2.45, 2.75) is 120 Å². The quantitative estimate of drug-likeness (QED) is 0.112. The molecule has 0 saturated heterocycles. The molecule has 0 aromatic carbocycles. The van der Waals surface area contributed by atoms with Crippen molar-refractivity contribution >= 4 is 23.7 Å². The number of carbonyl (C=O) groups excluding carboxylic acids is 1. The van der Waals surface area contributed by atoms with Crippen LogP contribution in [0.5, 0.6) is 0 Å². The summed E-state index contributed by atoms with van der Waals surface area (Å²) >= 11 is 1.49.